The fourth-order valence-electron chi connectivity index (χ4n) is 1.07. The van der Waals surface area contributed by atoms with E-state index < -0.39 is 0 Å². The van der Waals surface area contributed by atoms with E-state index in [4.69, 9.17) is 0 Å². The average Bonchev–Trinajstić information content (AvgIpc) is 2.23. The number of aliphatic hydroxyl groups excluding tert-OH is 1. The Hall–Kier alpha value is 0.270. The molecule has 0 heterocycles. The van der Waals surface area contributed by atoms with E-state index in [9.17, 15) is 5.11 Å². The minimum absolute atomic E-state index is 0.0468. The Bertz CT molecular complexity index is 137. The Morgan fingerprint density at radius 3 is 2.50 bits per heavy atom. The molecule has 0 rings (SSSR count). The molecule has 2 unspecified atom stereocenters. The van der Waals surface area contributed by atoms with E-state index in [1.165, 1.54) is 5.75 Å². The normalized spacial score (nSPS) is 17.8. The lowest BCUT2D eigenvalue weighted by molar-refractivity contribution is 0.133. The summed E-state index contributed by atoms with van der Waals surface area (Å²) in [7, 11) is 0. The second kappa shape index (κ2) is 7.55. The molecule has 0 bridgehead atoms. The zero-order valence-corrected chi connectivity index (χ0v) is 10.8. The average molecular weight is 219 g/mol. The second-order valence-electron chi connectivity index (χ2n) is 4.26. The van der Waals surface area contributed by atoms with Gasteiger partial charge in [-0.2, -0.15) is 11.8 Å². The summed E-state index contributed by atoms with van der Waals surface area (Å²) < 4.78 is 0. The van der Waals surface area contributed by atoms with Gasteiger partial charge in [0, 0.05) is 30.4 Å². The number of thioether (sulfide) groups is 1. The van der Waals surface area contributed by atoms with E-state index >= 15 is 0 Å². The van der Waals surface area contributed by atoms with Crippen LogP contribution >= 0.6 is 11.8 Å². The zero-order valence-electron chi connectivity index (χ0n) is 9.97. The fraction of sp³-hybridized carbons (Fsp3) is 1.00. The van der Waals surface area contributed by atoms with Crippen LogP contribution in [0.2, 0.25) is 0 Å². The summed E-state index contributed by atoms with van der Waals surface area (Å²) >= 11 is 1.96. The molecule has 0 saturated carbocycles. The molecule has 0 amide bonds. The molecule has 2 N–H and O–H groups in total. The van der Waals surface area contributed by atoms with Gasteiger partial charge in [0.05, 0.1) is 0 Å². The summed E-state index contributed by atoms with van der Waals surface area (Å²) in [4.78, 5) is 0. The standard InChI is InChI=1S/C11H25NOS/c1-5-11(4,9-13)8-12-10(3)7-14-6-2/h10,12-13H,5-9H2,1-4H3. The van der Waals surface area contributed by atoms with Gasteiger partial charge >= 0.3 is 0 Å². The highest BCUT2D eigenvalue weighted by Crippen LogP contribution is 2.18. The van der Waals surface area contributed by atoms with Crippen molar-refractivity contribution >= 4 is 11.8 Å². The van der Waals surface area contributed by atoms with E-state index in [-0.39, 0.29) is 12.0 Å². The van der Waals surface area contributed by atoms with Crippen molar-refractivity contribution < 1.29 is 5.11 Å². The number of hydrogen-bond donors (Lipinski definition) is 2. The van der Waals surface area contributed by atoms with Gasteiger partial charge in [0.15, 0.2) is 0 Å². The summed E-state index contributed by atoms with van der Waals surface area (Å²) in [5, 5.41) is 12.7. The molecular weight excluding hydrogens is 194 g/mol. The summed E-state index contributed by atoms with van der Waals surface area (Å²) in [5.41, 5.74) is 0.0468. The molecule has 0 aromatic carbocycles. The van der Waals surface area contributed by atoms with Gasteiger partial charge < -0.3 is 10.4 Å². The molecule has 0 radical (unpaired) electrons. The summed E-state index contributed by atoms with van der Waals surface area (Å²) in [6.45, 7) is 9.82. The minimum atomic E-state index is 0.0468. The molecule has 0 fully saturated rings. The van der Waals surface area contributed by atoms with Crippen molar-refractivity contribution in [1.29, 1.82) is 0 Å². The van der Waals surface area contributed by atoms with Crippen molar-refractivity contribution in [3.63, 3.8) is 0 Å². The minimum Gasteiger partial charge on any atom is -0.396 e. The Kier molecular flexibility index (Phi) is 7.69. The summed E-state index contributed by atoms with van der Waals surface area (Å²) in [6, 6.07) is 0.539. The quantitative estimate of drug-likeness (QED) is 0.656. The molecule has 2 nitrogen and oxygen atoms in total. The molecule has 14 heavy (non-hydrogen) atoms. The number of rotatable bonds is 8. The Balaban J connectivity index is 3.68. The highest BCUT2D eigenvalue weighted by atomic mass is 32.2. The number of aliphatic hydroxyl groups is 1. The lowest BCUT2D eigenvalue weighted by atomic mass is 9.88. The van der Waals surface area contributed by atoms with Gasteiger partial charge in [0.2, 0.25) is 0 Å². The molecule has 0 spiro atoms. The maximum Gasteiger partial charge on any atom is 0.0496 e. The van der Waals surface area contributed by atoms with Gasteiger partial charge in [-0.1, -0.05) is 20.8 Å². The smallest absolute Gasteiger partial charge is 0.0496 e. The van der Waals surface area contributed by atoms with Crippen LogP contribution in [-0.2, 0) is 0 Å². The number of hydrogen-bond acceptors (Lipinski definition) is 3. The van der Waals surface area contributed by atoms with Crippen molar-refractivity contribution in [3.05, 3.63) is 0 Å². The fourth-order valence-corrected chi connectivity index (χ4v) is 1.77. The van der Waals surface area contributed by atoms with Gasteiger partial charge in [-0.05, 0) is 19.1 Å². The molecule has 0 aliphatic carbocycles. The Morgan fingerprint density at radius 1 is 1.43 bits per heavy atom. The summed E-state index contributed by atoms with van der Waals surface area (Å²) in [6.07, 6.45) is 1.02. The maximum absolute atomic E-state index is 9.23. The highest BCUT2D eigenvalue weighted by Gasteiger charge is 2.21. The molecule has 0 aromatic rings. The third-order valence-corrected chi connectivity index (χ3v) is 3.83. The lowest BCUT2D eigenvalue weighted by Crippen LogP contribution is -2.39. The third kappa shape index (κ3) is 5.89. The van der Waals surface area contributed by atoms with Crippen molar-refractivity contribution in [1.82, 2.24) is 5.32 Å². The van der Waals surface area contributed by atoms with Gasteiger partial charge in [0.1, 0.15) is 0 Å². The third-order valence-electron chi connectivity index (χ3n) is 2.68. The van der Waals surface area contributed by atoms with E-state index in [0.717, 1.165) is 18.7 Å². The molecule has 0 aliphatic heterocycles. The van der Waals surface area contributed by atoms with Crippen LogP contribution < -0.4 is 5.32 Å². The first-order valence-electron chi connectivity index (χ1n) is 5.50. The zero-order chi connectivity index (χ0) is 11.0. The van der Waals surface area contributed by atoms with Crippen LogP contribution in [0.5, 0.6) is 0 Å². The van der Waals surface area contributed by atoms with Gasteiger partial charge in [-0.25, -0.2) is 0 Å². The Morgan fingerprint density at radius 2 is 2.07 bits per heavy atom. The van der Waals surface area contributed by atoms with Crippen molar-refractivity contribution in [2.45, 2.75) is 40.2 Å². The molecule has 86 valence electrons. The number of nitrogens with one attached hydrogen (secondary N) is 1. The van der Waals surface area contributed by atoms with Gasteiger partial charge in [-0.15, -0.1) is 0 Å². The molecule has 0 aromatic heterocycles. The van der Waals surface area contributed by atoms with Crippen LogP contribution in [0.1, 0.15) is 34.1 Å². The summed E-state index contributed by atoms with van der Waals surface area (Å²) in [5.74, 6) is 2.33. The van der Waals surface area contributed by atoms with Crippen LogP contribution in [0.15, 0.2) is 0 Å². The van der Waals surface area contributed by atoms with Crippen LogP contribution in [-0.4, -0.2) is 35.8 Å². The largest absolute Gasteiger partial charge is 0.396 e. The van der Waals surface area contributed by atoms with Gasteiger partial charge in [0.25, 0.3) is 0 Å². The SMILES string of the molecule is CCSCC(C)NCC(C)(CC)CO. The van der Waals surface area contributed by atoms with Gasteiger partial charge in [-0.3, -0.25) is 0 Å². The van der Waals surface area contributed by atoms with Crippen LogP contribution in [0.3, 0.4) is 0 Å². The first-order valence-corrected chi connectivity index (χ1v) is 6.65. The van der Waals surface area contributed by atoms with Crippen molar-refractivity contribution in [2.75, 3.05) is 24.7 Å². The predicted molar refractivity (Wildman–Crippen MR) is 65.9 cm³/mol. The first kappa shape index (κ1) is 14.3. The van der Waals surface area contributed by atoms with Crippen molar-refractivity contribution in [2.24, 2.45) is 5.41 Å². The van der Waals surface area contributed by atoms with E-state index in [1.54, 1.807) is 0 Å². The molecule has 2 atom stereocenters. The van der Waals surface area contributed by atoms with E-state index in [1.807, 2.05) is 11.8 Å². The monoisotopic (exact) mass is 219 g/mol. The topological polar surface area (TPSA) is 32.3 Å². The second-order valence-corrected chi connectivity index (χ2v) is 5.58. The highest BCUT2D eigenvalue weighted by molar-refractivity contribution is 7.99. The predicted octanol–water partition coefficient (Wildman–Crippen LogP) is 2.13. The van der Waals surface area contributed by atoms with Crippen molar-refractivity contribution in [3.8, 4) is 0 Å². The van der Waals surface area contributed by atoms with Crippen LogP contribution in [0, 0.1) is 5.41 Å². The maximum atomic E-state index is 9.23. The Labute approximate surface area is 92.9 Å². The lowest BCUT2D eigenvalue weighted by Gasteiger charge is -2.28. The molecule has 3 heteroatoms. The molecule has 0 aliphatic rings. The molecule has 0 saturated heterocycles. The van der Waals surface area contributed by atoms with Crippen LogP contribution in [0.25, 0.3) is 0 Å². The van der Waals surface area contributed by atoms with Crippen LogP contribution in [0.4, 0.5) is 0 Å². The van der Waals surface area contributed by atoms with E-state index in [2.05, 4.69) is 33.0 Å². The first-order chi connectivity index (χ1) is 6.58. The van der Waals surface area contributed by atoms with E-state index in [0.29, 0.717) is 6.04 Å². The molecular formula is C11H25NOS.